The van der Waals surface area contributed by atoms with Gasteiger partial charge in [0.05, 0.1) is 16.5 Å². The molecule has 1 saturated heterocycles. The van der Waals surface area contributed by atoms with Crippen LogP contribution in [-0.4, -0.2) is 66.1 Å². The number of nitrogens with zero attached hydrogens (tertiary/aromatic N) is 2. The van der Waals surface area contributed by atoms with Gasteiger partial charge in [0.2, 0.25) is 5.91 Å². The van der Waals surface area contributed by atoms with E-state index in [0.717, 1.165) is 26.1 Å². The Bertz CT molecular complexity index is 503. The van der Waals surface area contributed by atoms with Gasteiger partial charge in [-0.05, 0) is 25.1 Å². The zero-order valence-electron chi connectivity index (χ0n) is 12.2. The standard InChI is InChI=1S/C14H21N3O3S/c1-11(19)15-13-4-3-12(21-13)14(20)17-6-2-5-16(7-8-17)9-10-18/h3-4,18H,2,5-10H2,1H3,(H,15,19). The molecule has 1 aromatic heterocycles. The first-order valence-electron chi connectivity index (χ1n) is 7.10. The summed E-state index contributed by atoms with van der Waals surface area (Å²) in [6.45, 7) is 5.36. The highest BCUT2D eigenvalue weighted by molar-refractivity contribution is 7.18. The summed E-state index contributed by atoms with van der Waals surface area (Å²) in [5.74, 6) is -0.118. The van der Waals surface area contributed by atoms with Gasteiger partial charge >= 0.3 is 0 Å². The van der Waals surface area contributed by atoms with Crippen LogP contribution in [-0.2, 0) is 4.79 Å². The van der Waals surface area contributed by atoms with Crippen molar-refractivity contribution in [3.63, 3.8) is 0 Å². The minimum Gasteiger partial charge on any atom is -0.395 e. The molecule has 1 fully saturated rings. The fourth-order valence-corrected chi connectivity index (χ4v) is 3.31. The van der Waals surface area contributed by atoms with Crippen molar-refractivity contribution in [2.24, 2.45) is 0 Å². The molecular formula is C14H21N3O3S. The van der Waals surface area contributed by atoms with Crippen molar-refractivity contribution in [3.05, 3.63) is 17.0 Å². The van der Waals surface area contributed by atoms with Gasteiger partial charge < -0.3 is 15.3 Å². The fourth-order valence-electron chi connectivity index (χ4n) is 2.39. The largest absolute Gasteiger partial charge is 0.395 e. The van der Waals surface area contributed by atoms with Gasteiger partial charge in [0.15, 0.2) is 0 Å². The van der Waals surface area contributed by atoms with Crippen molar-refractivity contribution in [2.75, 3.05) is 44.6 Å². The van der Waals surface area contributed by atoms with Crippen LogP contribution in [0.1, 0.15) is 23.0 Å². The SMILES string of the molecule is CC(=O)Nc1ccc(C(=O)N2CCCN(CCO)CC2)s1. The van der Waals surface area contributed by atoms with Crippen LogP contribution in [0.3, 0.4) is 0 Å². The molecule has 0 radical (unpaired) electrons. The van der Waals surface area contributed by atoms with Gasteiger partial charge in [0.25, 0.3) is 5.91 Å². The maximum atomic E-state index is 12.5. The lowest BCUT2D eigenvalue weighted by atomic mass is 10.3. The van der Waals surface area contributed by atoms with Crippen LogP contribution in [0.5, 0.6) is 0 Å². The quantitative estimate of drug-likeness (QED) is 0.864. The molecule has 2 amide bonds. The highest BCUT2D eigenvalue weighted by Gasteiger charge is 2.21. The Morgan fingerprint density at radius 2 is 2.10 bits per heavy atom. The number of aliphatic hydroxyl groups is 1. The number of anilines is 1. The maximum absolute atomic E-state index is 12.5. The molecule has 1 aliphatic rings. The Morgan fingerprint density at radius 1 is 1.29 bits per heavy atom. The van der Waals surface area contributed by atoms with Crippen molar-refractivity contribution >= 4 is 28.2 Å². The summed E-state index contributed by atoms with van der Waals surface area (Å²) in [4.78, 5) is 28.1. The summed E-state index contributed by atoms with van der Waals surface area (Å²) in [7, 11) is 0. The molecule has 2 rings (SSSR count). The van der Waals surface area contributed by atoms with E-state index < -0.39 is 0 Å². The van der Waals surface area contributed by atoms with Crippen molar-refractivity contribution in [1.29, 1.82) is 0 Å². The molecule has 0 atom stereocenters. The number of hydrogen-bond donors (Lipinski definition) is 2. The van der Waals surface area contributed by atoms with Gasteiger partial charge in [-0.2, -0.15) is 0 Å². The molecule has 0 unspecified atom stereocenters. The monoisotopic (exact) mass is 311 g/mol. The Labute approximate surface area is 128 Å². The van der Waals surface area contributed by atoms with Crippen molar-refractivity contribution < 1.29 is 14.7 Å². The molecule has 1 aliphatic heterocycles. The van der Waals surface area contributed by atoms with Gasteiger partial charge in [0.1, 0.15) is 0 Å². The van der Waals surface area contributed by atoms with Crippen molar-refractivity contribution in [3.8, 4) is 0 Å². The first-order valence-corrected chi connectivity index (χ1v) is 7.91. The van der Waals surface area contributed by atoms with Gasteiger partial charge in [-0.3, -0.25) is 14.5 Å². The summed E-state index contributed by atoms with van der Waals surface area (Å²) in [5, 5.41) is 12.4. The maximum Gasteiger partial charge on any atom is 0.264 e. The van der Waals surface area contributed by atoms with E-state index in [0.29, 0.717) is 23.0 Å². The predicted molar refractivity (Wildman–Crippen MR) is 82.7 cm³/mol. The van der Waals surface area contributed by atoms with E-state index in [1.165, 1.54) is 18.3 Å². The third kappa shape index (κ3) is 4.52. The Morgan fingerprint density at radius 3 is 2.81 bits per heavy atom. The predicted octanol–water partition coefficient (Wildman–Crippen LogP) is 0.847. The second-order valence-electron chi connectivity index (χ2n) is 5.06. The number of amides is 2. The molecular weight excluding hydrogens is 290 g/mol. The molecule has 7 heteroatoms. The molecule has 0 bridgehead atoms. The number of carbonyl (C=O) groups is 2. The normalized spacial score (nSPS) is 16.6. The van der Waals surface area contributed by atoms with Gasteiger partial charge in [0, 0.05) is 33.1 Å². The fraction of sp³-hybridized carbons (Fsp3) is 0.571. The number of carbonyl (C=O) groups excluding carboxylic acids is 2. The summed E-state index contributed by atoms with van der Waals surface area (Å²) < 4.78 is 0. The number of rotatable bonds is 4. The van der Waals surface area contributed by atoms with Gasteiger partial charge in [-0.1, -0.05) is 0 Å². The average molecular weight is 311 g/mol. The Kier molecular flexibility index (Phi) is 5.72. The third-order valence-electron chi connectivity index (χ3n) is 3.41. The molecule has 1 aromatic rings. The van der Waals surface area contributed by atoms with E-state index in [-0.39, 0.29) is 18.4 Å². The smallest absolute Gasteiger partial charge is 0.264 e. The van der Waals surface area contributed by atoms with E-state index in [2.05, 4.69) is 10.2 Å². The van der Waals surface area contributed by atoms with Crippen LogP contribution in [0.2, 0.25) is 0 Å². The van der Waals surface area contributed by atoms with Crippen LogP contribution >= 0.6 is 11.3 Å². The molecule has 0 aromatic carbocycles. The molecule has 0 saturated carbocycles. The lowest BCUT2D eigenvalue weighted by Crippen LogP contribution is -2.35. The molecule has 0 aliphatic carbocycles. The lowest BCUT2D eigenvalue weighted by molar-refractivity contribution is -0.114. The second-order valence-corrected chi connectivity index (χ2v) is 6.14. The molecule has 0 spiro atoms. The number of hydrogen-bond acceptors (Lipinski definition) is 5. The first-order chi connectivity index (χ1) is 10.1. The lowest BCUT2D eigenvalue weighted by Gasteiger charge is -2.20. The van der Waals surface area contributed by atoms with Crippen LogP contribution in [0.4, 0.5) is 5.00 Å². The summed E-state index contributed by atoms with van der Waals surface area (Å²) in [6, 6.07) is 3.52. The van der Waals surface area contributed by atoms with Crippen LogP contribution in [0.15, 0.2) is 12.1 Å². The highest BCUT2D eigenvalue weighted by Crippen LogP contribution is 2.23. The Balaban J connectivity index is 1.96. The van der Waals surface area contributed by atoms with Gasteiger partial charge in [-0.25, -0.2) is 0 Å². The zero-order valence-corrected chi connectivity index (χ0v) is 13.0. The van der Waals surface area contributed by atoms with Crippen molar-refractivity contribution in [1.82, 2.24) is 9.80 Å². The van der Waals surface area contributed by atoms with Gasteiger partial charge in [-0.15, -0.1) is 11.3 Å². The number of nitrogens with one attached hydrogen (secondary N) is 1. The molecule has 2 N–H and O–H groups in total. The van der Waals surface area contributed by atoms with E-state index in [4.69, 9.17) is 5.11 Å². The highest BCUT2D eigenvalue weighted by atomic mass is 32.1. The number of β-amino-alcohol motifs (C(OH)–C–C–N with tert-alkyl or cyclic N) is 1. The summed E-state index contributed by atoms with van der Waals surface area (Å²) in [6.07, 6.45) is 0.912. The number of thiophene rings is 1. The van der Waals surface area contributed by atoms with Crippen LogP contribution in [0.25, 0.3) is 0 Å². The van der Waals surface area contributed by atoms with E-state index in [1.807, 2.05) is 4.90 Å². The topological polar surface area (TPSA) is 72.9 Å². The second kappa shape index (κ2) is 7.53. The molecule has 116 valence electrons. The Hall–Kier alpha value is -1.44. The van der Waals surface area contributed by atoms with Crippen LogP contribution < -0.4 is 5.32 Å². The van der Waals surface area contributed by atoms with E-state index >= 15 is 0 Å². The van der Waals surface area contributed by atoms with Crippen LogP contribution in [0, 0.1) is 0 Å². The zero-order chi connectivity index (χ0) is 15.2. The number of aliphatic hydroxyl groups excluding tert-OH is 1. The molecule has 6 nitrogen and oxygen atoms in total. The first kappa shape index (κ1) is 15.9. The van der Waals surface area contributed by atoms with Crippen molar-refractivity contribution in [2.45, 2.75) is 13.3 Å². The minimum absolute atomic E-state index is 0.0162. The summed E-state index contributed by atoms with van der Waals surface area (Å²) >= 11 is 1.30. The third-order valence-corrected chi connectivity index (χ3v) is 4.40. The van der Waals surface area contributed by atoms with E-state index in [9.17, 15) is 9.59 Å². The summed E-state index contributed by atoms with van der Waals surface area (Å²) in [5.41, 5.74) is 0. The molecule has 21 heavy (non-hydrogen) atoms. The average Bonchev–Trinajstić information content (AvgIpc) is 2.76. The van der Waals surface area contributed by atoms with E-state index in [1.54, 1.807) is 12.1 Å². The minimum atomic E-state index is -0.134. The molecule has 2 heterocycles.